The molecule has 0 radical (unpaired) electrons. The van der Waals surface area contributed by atoms with Crippen LogP contribution in [0.2, 0.25) is 0 Å². The minimum Gasteiger partial charge on any atom is -0.456 e. The van der Waals surface area contributed by atoms with Gasteiger partial charge in [-0.25, -0.2) is 0 Å². The Morgan fingerprint density at radius 2 is 0.909 bits per heavy atom. The largest absolute Gasteiger partial charge is 0.456 e. The van der Waals surface area contributed by atoms with Crippen LogP contribution in [-0.4, -0.2) is 9.13 Å². The molecule has 0 aliphatic heterocycles. The second kappa shape index (κ2) is 8.82. The Bertz CT molecular complexity index is 2530. The normalized spacial score (nSPS) is 12.0. The van der Waals surface area contributed by atoms with Crippen LogP contribution in [0.25, 0.3) is 88.2 Å². The molecule has 6 nitrogen and oxygen atoms in total. The fourth-order valence-electron chi connectivity index (χ4n) is 6.83. The third-order valence-corrected chi connectivity index (χ3v) is 8.94. The first-order chi connectivity index (χ1) is 21.5. The van der Waals surface area contributed by atoms with E-state index in [1.54, 1.807) is 0 Å². The predicted molar refractivity (Wildman–Crippen MR) is 177 cm³/mol. The second-order valence-corrected chi connectivity index (χ2v) is 11.4. The highest BCUT2D eigenvalue weighted by atomic mass is 16.3. The maximum absolute atomic E-state index is 14.1. The van der Waals surface area contributed by atoms with E-state index in [0.717, 1.165) is 44.1 Å². The van der Waals surface area contributed by atoms with Gasteiger partial charge >= 0.3 is 0 Å². The number of aryl methyl sites for hydroxylation is 2. The van der Waals surface area contributed by atoms with E-state index in [-0.39, 0.29) is 10.9 Å². The molecular weight excluding hydrogens is 548 g/mol. The van der Waals surface area contributed by atoms with Crippen LogP contribution in [0, 0.1) is 0 Å². The maximum Gasteiger partial charge on any atom is 0.197 e. The van der Waals surface area contributed by atoms with E-state index in [1.807, 2.05) is 132 Å². The van der Waals surface area contributed by atoms with Gasteiger partial charge in [0.2, 0.25) is 0 Å². The van der Waals surface area contributed by atoms with Crippen LogP contribution in [0.5, 0.6) is 0 Å². The van der Waals surface area contributed by atoms with Crippen molar-refractivity contribution in [2.45, 2.75) is 0 Å². The number of hydrogen-bond donors (Lipinski definition) is 0. The van der Waals surface area contributed by atoms with Crippen LogP contribution in [0.4, 0.5) is 0 Å². The number of rotatable bonds is 2. The highest BCUT2D eigenvalue weighted by Gasteiger charge is 2.20. The van der Waals surface area contributed by atoms with Gasteiger partial charge in [0, 0.05) is 57.5 Å². The molecule has 0 aliphatic rings. The van der Waals surface area contributed by atoms with Gasteiger partial charge in [-0.15, -0.1) is 0 Å². The molecule has 0 atom stereocenters. The fraction of sp³-hybridized carbons (Fsp3) is 0.0526. The highest BCUT2D eigenvalue weighted by Crippen LogP contribution is 2.36. The molecule has 5 aromatic carbocycles. The Morgan fingerprint density at radius 1 is 0.477 bits per heavy atom. The highest BCUT2D eigenvalue weighted by molar-refractivity contribution is 6.08. The molecule has 0 aliphatic carbocycles. The molecule has 210 valence electrons. The summed E-state index contributed by atoms with van der Waals surface area (Å²) in [4.78, 5) is 28.3. The summed E-state index contributed by atoms with van der Waals surface area (Å²) in [7, 11) is 3.88. The van der Waals surface area contributed by atoms with Gasteiger partial charge in [-0.3, -0.25) is 9.59 Å². The quantitative estimate of drug-likeness (QED) is 0.195. The average molecular weight is 573 g/mol. The number of hydrogen-bond acceptors (Lipinski definition) is 4. The van der Waals surface area contributed by atoms with Crippen molar-refractivity contribution >= 4 is 65.6 Å². The molecule has 0 amide bonds. The molecule has 9 aromatic rings. The number of pyridine rings is 2. The van der Waals surface area contributed by atoms with Crippen LogP contribution in [0.3, 0.4) is 0 Å². The molecule has 0 spiro atoms. The van der Waals surface area contributed by atoms with Gasteiger partial charge in [-0.1, -0.05) is 48.5 Å². The van der Waals surface area contributed by atoms with E-state index in [4.69, 9.17) is 8.83 Å². The third kappa shape index (κ3) is 3.30. The van der Waals surface area contributed by atoms with Crippen molar-refractivity contribution in [1.82, 2.24) is 9.13 Å². The Balaban J connectivity index is 1.36. The van der Waals surface area contributed by atoms with Crippen LogP contribution in [0.1, 0.15) is 0 Å². The number of aromatic nitrogens is 2. The average Bonchev–Trinajstić information content (AvgIpc) is 3.69. The molecule has 6 heteroatoms. The molecule has 44 heavy (non-hydrogen) atoms. The smallest absolute Gasteiger partial charge is 0.197 e. The van der Waals surface area contributed by atoms with E-state index < -0.39 is 0 Å². The summed E-state index contributed by atoms with van der Waals surface area (Å²) < 4.78 is 16.4. The Labute approximate surface area is 249 Å². The van der Waals surface area contributed by atoms with Crippen LogP contribution >= 0.6 is 0 Å². The topological polar surface area (TPSA) is 70.3 Å². The van der Waals surface area contributed by atoms with E-state index in [0.29, 0.717) is 44.1 Å². The summed E-state index contributed by atoms with van der Waals surface area (Å²) in [5.74, 6) is 1.37. The van der Waals surface area contributed by atoms with E-state index in [9.17, 15) is 9.59 Å². The minimum atomic E-state index is -0.0916. The van der Waals surface area contributed by atoms with Gasteiger partial charge in [-0.05, 0) is 60.7 Å². The van der Waals surface area contributed by atoms with Crippen molar-refractivity contribution in [1.29, 1.82) is 0 Å². The number of furan rings is 2. The fourth-order valence-corrected chi connectivity index (χ4v) is 6.83. The van der Waals surface area contributed by atoms with E-state index >= 15 is 0 Å². The molecule has 0 N–H and O–H groups in total. The molecule has 0 saturated carbocycles. The van der Waals surface area contributed by atoms with Gasteiger partial charge in [-0.2, -0.15) is 0 Å². The molecule has 9 rings (SSSR count). The summed E-state index contributed by atoms with van der Waals surface area (Å²) in [5, 5.41) is 4.26. The van der Waals surface area contributed by atoms with Gasteiger partial charge in [0.25, 0.3) is 0 Å². The van der Waals surface area contributed by atoms with Crippen LogP contribution in [-0.2, 0) is 14.1 Å². The Hall–Kier alpha value is -5.88. The van der Waals surface area contributed by atoms with Crippen molar-refractivity contribution in [2.75, 3.05) is 0 Å². The first kappa shape index (κ1) is 24.7. The van der Waals surface area contributed by atoms with Crippen molar-refractivity contribution in [3.63, 3.8) is 0 Å². The maximum atomic E-state index is 14.1. The van der Waals surface area contributed by atoms with Gasteiger partial charge in [0.15, 0.2) is 10.9 Å². The molecule has 0 bridgehead atoms. The zero-order valence-corrected chi connectivity index (χ0v) is 23.9. The number of nitrogens with zero attached hydrogens (tertiary/aromatic N) is 2. The summed E-state index contributed by atoms with van der Waals surface area (Å²) in [6.07, 6.45) is 0. The zero-order valence-electron chi connectivity index (χ0n) is 23.9. The molecule has 4 aromatic heterocycles. The van der Waals surface area contributed by atoms with Gasteiger partial charge in [0.1, 0.15) is 22.7 Å². The number of para-hydroxylation sites is 4. The minimum absolute atomic E-state index is 0.0916. The van der Waals surface area contributed by atoms with Crippen LogP contribution in [0.15, 0.2) is 128 Å². The van der Waals surface area contributed by atoms with E-state index in [2.05, 4.69) is 0 Å². The van der Waals surface area contributed by atoms with Crippen molar-refractivity contribution in [3.8, 4) is 22.6 Å². The monoisotopic (exact) mass is 572 g/mol. The zero-order chi connectivity index (χ0) is 29.7. The van der Waals surface area contributed by atoms with E-state index in [1.165, 1.54) is 0 Å². The predicted octanol–water partition coefficient (Wildman–Crippen LogP) is 8.52. The summed E-state index contributed by atoms with van der Waals surface area (Å²) in [6, 6.07) is 34.9. The first-order valence-electron chi connectivity index (χ1n) is 14.5. The molecule has 4 heterocycles. The first-order valence-corrected chi connectivity index (χ1v) is 14.5. The Morgan fingerprint density at radius 3 is 1.34 bits per heavy atom. The lowest BCUT2D eigenvalue weighted by Crippen LogP contribution is -2.14. The lowest BCUT2D eigenvalue weighted by molar-refractivity contribution is 0.631. The molecule has 0 unspecified atom stereocenters. The van der Waals surface area contributed by atoms with Crippen molar-refractivity contribution < 1.29 is 8.83 Å². The van der Waals surface area contributed by atoms with Crippen molar-refractivity contribution in [3.05, 3.63) is 130 Å². The SMILES string of the molecule is Cn1c2cc3c(=O)c4cccc(-c5cc6ccccc6o5)c4n(C)c3cc2c(=O)c2cccc(-c3cc4ccccc4o3)c21. The molecular formula is C38H24N2O4. The number of fused-ring (bicyclic) bond motifs is 6. The lowest BCUT2D eigenvalue weighted by atomic mass is 10.0. The second-order valence-electron chi connectivity index (χ2n) is 11.4. The summed E-state index contributed by atoms with van der Waals surface area (Å²) >= 11 is 0. The van der Waals surface area contributed by atoms with Gasteiger partial charge in [0.05, 0.1) is 22.1 Å². The van der Waals surface area contributed by atoms with Gasteiger partial charge < -0.3 is 18.0 Å². The Kier molecular flexibility index (Phi) is 4.95. The number of benzene rings is 5. The molecule has 0 fully saturated rings. The van der Waals surface area contributed by atoms with Crippen LogP contribution < -0.4 is 10.9 Å². The van der Waals surface area contributed by atoms with Crippen molar-refractivity contribution in [2.24, 2.45) is 14.1 Å². The molecule has 0 saturated heterocycles. The third-order valence-electron chi connectivity index (χ3n) is 8.94. The summed E-state index contributed by atoms with van der Waals surface area (Å²) in [5.41, 5.74) is 5.91. The lowest BCUT2D eigenvalue weighted by Gasteiger charge is -2.17. The summed E-state index contributed by atoms with van der Waals surface area (Å²) in [6.45, 7) is 0. The standard InChI is InChI=1S/C38H24N2O4/c1-39-29-19-28-30(40(2)36-24(12-8-14-26(36)38(28)42)34-18-22-10-4-6-16-32(22)44-34)20-27(29)37(41)25-13-7-11-23(35(25)39)33-17-21-9-3-5-15-31(21)43-33/h3-20H,1-2H3.